The van der Waals surface area contributed by atoms with Crippen LogP contribution in [0.4, 0.5) is 8.78 Å². The van der Waals surface area contributed by atoms with E-state index in [-0.39, 0.29) is 44.0 Å². The maximum Gasteiger partial charge on any atom is 0.237 e. The average molecular weight is 1170 g/mol. The summed E-state index contributed by atoms with van der Waals surface area (Å²) in [5.41, 5.74) is 13.6. The van der Waals surface area contributed by atoms with Crippen LogP contribution in [0, 0.1) is 39.7 Å². The first-order valence-corrected chi connectivity index (χ1v) is 30.8. The average Bonchev–Trinajstić information content (AvgIpc) is 1.64. The first kappa shape index (κ1) is 62.5. The Bertz CT molecular complexity index is 4290. The lowest BCUT2D eigenvalue weighted by atomic mass is 9.84. The highest BCUT2D eigenvalue weighted by molar-refractivity contribution is 6.11. The molecule has 2 aromatic heterocycles. The topological polar surface area (TPSA) is 55.7 Å². The van der Waals surface area contributed by atoms with E-state index in [2.05, 4.69) is 242 Å². The zero-order chi connectivity index (χ0) is 63.7. The Hall–Kier alpha value is -7.58. The van der Waals surface area contributed by atoms with Crippen molar-refractivity contribution in [2.75, 3.05) is 13.2 Å². The number of hydrogen-bond acceptors (Lipinski definition) is 2. The second kappa shape index (κ2) is 21.6. The smallest absolute Gasteiger partial charge is 0.237 e. The predicted octanol–water partition coefficient (Wildman–Crippen LogP) is 22.5. The number of aromatic hydroxyl groups is 2. The molecule has 10 rings (SSSR count). The first-order valence-electron chi connectivity index (χ1n) is 30.8. The number of aryl methyl sites for hydroxylation is 2. The normalized spacial score (nSPS) is 13.1. The Balaban J connectivity index is 1.06. The number of phenols is 2. The molecule has 2 N–H and O–H groups in total. The van der Waals surface area contributed by atoms with E-state index >= 15 is 8.78 Å². The van der Waals surface area contributed by atoms with Gasteiger partial charge in [0.05, 0.1) is 44.6 Å². The molecule has 8 heteroatoms. The van der Waals surface area contributed by atoms with Gasteiger partial charge < -0.3 is 28.1 Å². The molecule has 0 saturated heterocycles. The van der Waals surface area contributed by atoms with Gasteiger partial charge in [-0.25, -0.2) is 8.78 Å². The van der Waals surface area contributed by atoms with Gasteiger partial charge in [-0.3, -0.25) is 0 Å². The minimum absolute atomic E-state index is 0.0197. The van der Waals surface area contributed by atoms with Gasteiger partial charge in [0.1, 0.15) is 29.6 Å². The summed E-state index contributed by atoms with van der Waals surface area (Å²) in [5.74, 6) is 0.361. The van der Waals surface area contributed by atoms with E-state index in [1.54, 1.807) is 0 Å². The van der Waals surface area contributed by atoms with E-state index in [9.17, 15) is 10.2 Å². The van der Waals surface area contributed by atoms with Crippen molar-refractivity contribution in [2.24, 2.45) is 0 Å². The molecule has 0 aliphatic heterocycles. The summed E-state index contributed by atoms with van der Waals surface area (Å²) in [6.07, 6.45) is 0.467. The summed E-state index contributed by atoms with van der Waals surface area (Å²) >= 11 is 0. The largest absolute Gasteiger partial charge is 0.711 e. The van der Waals surface area contributed by atoms with Gasteiger partial charge in [-0.1, -0.05) is 167 Å². The maximum atomic E-state index is 16.2. The molecule has 0 aliphatic carbocycles. The van der Waals surface area contributed by atoms with Crippen molar-refractivity contribution in [1.29, 1.82) is 0 Å². The highest BCUT2D eigenvalue weighted by Gasteiger charge is 2.32. The van der Waals surface area contributed by atoms with E-state index in [1.807, 2.05) is 26.0 Å². The van der Waals surface area contributed by atoms with Crippen molar-refractivity contribution in [3.8, 4) is 56.6 Å². The van der Waals surface area contributed by atoms with Crippen LogP contribution >= 0.6 is 0 Å². The highest BCUT2D eigenvalue weighted by Crippen LogP contribution is 2.52. The first-order chi connectivity index (χ1) is 40.2. The highest BCUT2D eigenvalue weighted by atomic mass is 19.1. The van der Waals surface area contributed by atoms with E-state index in [1.165, 1.54) is 46.5 Å². The molecule has 8 aromatic carbocycles. The molecule has 10 aromatic rings. The Morgan fingerprint density at radius 3 is 1.01 bits per heavy atom. The fourth-order valence-corrected chi connectivity index (χ4v) is 12.5. The Kier molecular flexibility index (Phi) is 15.5. The molecule has 0 spiro atoms. The van der Waals surface area contributed by atoms with Gasteiger partial charge in [-0.2, -0.15) is 0 Å². The second-order valence-corrected chi connectivity index (χ2v) is 30.8. The van der Waals surface area contributed by atoms with Crippen LogP contribution in [-0.4, -0.2) is 32.6 Å². The molecule has 0 fully saturated rings. The van der Waals surface area contributed by atoms with Crippen LogP contribution in [0.5, 0.6) is 23.0 Å². The third-order valence-electron chi connectivity index (χ3n) is 17.8. The third-order valence-corrected chi connectivity index (χ3v) is 17.8. The van der Waals surface area contributed by atoms with E-state index in [4.69, 9.17) is 0 Å². The fraction of sp³-hybridized carbons (Fsp3) is 0.367. The van der Waals surface area contributed by atoms with Crippen molar-refractivity contribution >= 4 is 43.6 Å². The lowest BCUT2D eigenvalue weighted by Crippen LogP contribution is -2.14. The maximum absolute atomic E-state index is 16.2. The molecule has 0 aliphatic rings. The van der Waals surface area contributed by atoms with Crippen molar-refractivity contribution in [3.63, 3.8) is 0 Å². The Labute approximate surface area is 516 Å². The number of benzene rings is 8. The molecule has 0 atom stereocenters. The van der Waals surface area contributed by atoms with Gasteiger partial charge in [0.15, 0.2) is 13.2 Å². The number of nitrogens with zero attached hydrogens (tertiary/aromatic N) is 2. The Morgan fingerprint density at radius 1 is 0.356 bits per heavy atom. The summed E-state index contributed by atoms with van der Waals surface area (Å²) in [4.78, 5) is 0. The zero-order valence-corrected chi connectivity index (χ0v) is 55.4. The van der Waals surface area contributed by atoms with Crippen LogP contribution < -0.4 is 0 Å². The third kappa shape index (κ3) is 11.6. The molecule has 0 saturated carbocycles. The van der Waals surface area contributed by atoms with Gasteiger partial charge >= 0.3 is 0 Å². The monoisotopic (exact) mass is 1170 g/mol. The van der Waals surface area contributed by atoms with E-state index in [0.717, 1.165) is 54.7 Å². The van der Waals surface area contributed by atoms with Gasteiger partial charge in [0.2, 0.25) is 11.5 Å². The summed E-state index contributed by atoms with van der Waals surface area (Å²) in [7, 11) is 9.06. The molecule has 6 nitrogen and oxygen atoms in total. The molecule has 0 amide bonds. The quantitative estimate of drug-likeness (QED) is 0.106. The SMILES string of the molecule is [CH2-][O+](CCC[O+]([CH2-])c1c(C)cc(F)cc1-c1cc(C(C)(C)C)cc(-n2c3cc(C(C)(C)C)ccc3c3ccc(C(C)(C)C)cc32)c1O)c1c(C)cc(F)cc1-c1cc(C(C)(C)C)cc(-n2c3ccc(C(C)(C)C)cc3c3ccc(C(C)(C)C)cc32)c1O. The summed E-state index contributed by atoms with van der Waals surface area (Å²) < 4.78 is 42.7. The van der Waals surface area contributed by atoms with Gasteiger partial charge in [-0.15, -0.1) is 0 Å². The van der Waals surface area contributed by atoms with Crippen molar-refractivity contribution in [2.45, 2.75) is 177 Å². The minimum atomic E-state index is -0.438. The number of halogens is 2. The van der Waals surface area contributed by atoms with Crippen LogP contribution in [0.25, 0.3) is 77.2 Å². The lowest BCUT2D eigenvalue weighted by molar-refractivity contribution is -0.0170. The molecule has 0 bridgehead atoms. The van der Waals surface area contributed by atoms with E-state index < -0.39 is 11.6 Å². The molecular weight excluding hydrogens is 1080 g/mol. The molecular formula is C79H92F2N2O4. The van der Waals surface area contributed by atoms with Crippen LogP contribution in [0.3, 0.4) is 0 Å². The summed E-state index contributed by atoms with van der Waals surface area (Å²) in [6.45, 7) is 43.9. The molecule has 0 unspecified atom stereocenters. The van der Waals surface area contributed by atoms with Crippen LogP contribution in [0.15, 0.2) is 121 Å². The van der Waals surface area contributed by atoms with Crippen molar-refractivity contribution in [3.05, 3.63) is 192 Å². The van der Waals surface area contributed by atoms with Gasteiger partial charge in [-0.05, 0) is 173 Å². The fourth-order valence-electron chi connectivity index (χ4n) is 12.5. The molecule has 456 valence electrons. The van der Waals surface area contributed by atoms with Crippen LogP contribution in [0.1, 0.15) is 176 Å². The van der Waals surface area contributed by atoms with E-state index in [0.29, 0.717) is 75.9 Å². The molecule has 0 radical (unpaired) electrons. The Morgan fingerprint density at radius 2 is 0.667 bits per heavy atom. The number of phenolic OH excluding ortho intramolecular Hbond substituents is 2. The number of aromatic nitrogens is 2. The molecule has 87 heavy (non-hydrogen) atoms. The van der Waals surface area contributed by atoms with Crippen molar-refractivity contribution < 1.29 is 27.7 Å². The molecule has 2 heterocycles. The minimum Gasteiger partial charge on any atom is -0.711 e. The standard InChI is InChI=1S/C79H92F2N2O4/c1-46-34-54(80)44-62(60-37-52(78(15,16)17)42-68(70(60)84)82-64-31-27-48(74(3,4)5)36-59(64)58-30-26-51(41-67(58)82)77(12,13)14)72(46)86(21)32-23-33-87(22)73-47(2)35-55(81)45-63(73)61-38-53(79(18,19)20)43-69(71(61)85)83-65-39-49(75(6,7)8)24-28-56(65)57-29-25-50(40-66(57)83)76(9,10)11/h24-31,34-45,84-85H,21-23,32-33H2,1-20H3. The summed E-state index contributed by atoms with van der Waals surface area (Å²) in [5, 5.41) is 30.4. The van der Waals surface area contributed by atoms with Crippen LogP contribution in [0.2, 0.25) is 0 Å². The van der Waals surface area contributed by atoms with Crippen LogP contribution in [-0.2, 0) is 41.2 Å². The second-order valence-electron chi connectivity index (χ2n) is 30.8. The lowest BCUT2D eigenvalue weighted by Gasteiger charge is -2.34. The summed E-state index contributed by atoms with van der Waals surface area (Å²) in [6, 6.07) is 40.8. The zero-order valence-electron chi connectivity index (χ0n) is 55.4. The number of rotatable bonds is 10. The number of fused-ring (bicyclic) bond motifs is 6. The van der Waals surface area contributed by atoms with Crippen molar-refractivity contribution in [1.82, 2.24) is 9.13 Å². The predicted molar refractivity (Wildman–Crippen MR) is 363 cm³/mol. The van der Waals surface area contributed by atoms with Gasteiger partial charge in [0.25, 0.3) is 0 Å². The number of hydrogen-bond donors (Lipinski definition) is 2. The van der Waals surface area contributed by atoms with Gasteiger partial charge in [0, 0.05) is 43.8 Å².